The number of rotatable bonds is 8. The summed E-state index contributed by atoms with van der Waals surface area (Å²) in [5, 5.41) is 3.00. The number of carbonyl (C=O) groups excluding carboxylic acids is 1. The number of para-hydroxylation sites is 1. The molecule has 1 aliphatic heterocycles. The van der Waals surface area contributed by atoms with Gasteiger partial charge in [-0.2, -0.15) is 0 Å². The summed E-state index contributed by atoms with van der Waals surface area (Å²) in [4.78, 5) is 17.1. The quantitative estimate of drug-likeness (QED) is 0.639. The fourth-order valence-electron chi connectivity index (χ4n) is 4.01. The van der Waals surface area contributed by atoms with Gasteiger partial charge in [0.25, 0.3) is 0 Å². The number of anilines is 1. The zero-order valence-electron chi connectivity index (χ0n) is 21.1. The number of hydrogen-bond acceptors (Lipinski definition) is 3. The molecular formula is C26H39B3N3O. The summed E-state index contributed by atoms with van der Waals surface area (Å²) in [5.74, 6) is -0.456. The minimum absolute atomic E-state index is 0.0184. The van der Waals surface area contributed by atoms with Gasteiger partial charge in [0.05, 0.1) is 21.6 Å². The average molecular weight is 442 g/mol. The molecule has 7 heteroatoms. The number of benzene rings is 2. The van der Waals surface area contributed by atoms with Crippen LogP contribution in [0.4, 0.5) is 5.69 Å². The van der Waals surface area contributed by atoms with Crippen LogP contribution < -0.4 is 15.7 Å². The number of nitrogens with zero attached hydrogens (tertiary/aromatic N) is 2. The molecule has 0 aromatic heterocycles. The molecule has 1 fully saturated rings. The first-order valence-electron chi connectivity index (χ1n) is 12.3. The molecule has 2 aromatic rings. The van der Waals surface area contributed by atoms with Crippen LogP contribution in [-0.4, -0.2) is 72.2 Å². The van der Waals surface area contributed by atoms with Crippen LogP contribution in [-0.2, 0) is 4.79 Å². The Bertz CT molecular complexity index is 783. The van der Waals surface area contributed by atoms with Gasteiger partial charge in [0.15, 0.2) is 0 Å². The van der Waals surface area contributed by atoms with Gasteiger partial charge in [0.1, 0.15) is 0 Å². The van der Waals surface area contributed by atoms with E-state index < -0.39 is 5.94 Å². The Morgan fingerprint density at radius 2 is 1.55 bits per heavy atom. The predicted molar refractivity (Wildman–Crippen MR) is 146 cm³/mol. The monoisotopic (exact) mass is 442 g/mol. The number of carbonyl (C=O) groups is 1. The number of piperazine rings is 1. The maximum atomic E-state index is 12.6. The van der Waals surface area contributed by atoms with Gasteiger partial charge in [-0.05, 0) is 30.4 Å². The van der Waals surface area contributed by atoms with Crippen LogP contribution in [0.5, 0.6) is 0 Å². The van der Waals surface area contributed by atoms with E-state index in [2.05, 4.69) is 46.3 Å². The molecule has 33 heavy (non-hydrogen) atoms. The molecule has 5 radical (unpaired) electrons. The van der Waals surface area contributed by atoms with Gasteiger partial charge in [0, 0.05) is 39.6 Å². The molecule has 173 valence electrons. The maximum absolute atomic E-state index is 12.6. The van der Waals surface area contributed by atoms with Gasteiger partial charge in [-0.3, -0.25) is 9.69 Å². The lowest BCUT2D eigenvalue weighted by Crippen LogP contribution is -2.51. The first-order chi connectivity index (χ1) is 16.1. The normalized spacial score (nSPS) is 15.1. The Morgan fingerprint density at radius 3 is 2.12 bits per heavy atom. The smallest absolute Gasteiger partial charge is 0.233 e. The summed E-state index contributed by atoms with van der Waals surface area (Å²) in [5.41, 5.74) is 3.27. The van der Waals surface area contributed by atoms with Crippen molar-refractivity contribution in [2.75, 3.05) is 37.6 Å². The molecule has 1 saturated heterocycles. The summed E-state index contributed by atoms with van der Waals surface area (Å²) < 4.78 is 0. The molecular weight excluding hydrogens is 403 g/mol. The van der Waals surface area contributed by atoms with E-state index in [1.165, 1.54) is 5.69 Å². The Kier molecular flexibility index (Phi) is 14.4. The van der Waals surface area contributed by atoms with Gasteiger partial charge < -0.3 is 10.2 Å². The summed E-state index contributed by atoms with van der Waals surface area (Å²) in [6.45, 7) is 14.0. The molecule has 0 bridgehead atoms. The molecule has 1 amide bonds. The van der Waals surface area contributed by atoms with Gasteiger partial charge in [-0.25, -0.2) is 0 Å². The van der Waals surface area contributed by atoms with E-state index in [4.69, 9.17) is 15.6 Å². The molecule has 0 aliphatic carbocycles. The lowest BCUT2D eigenvalue weighted by molar-refractivity contribution is -0.122. The second kappa shape index (κ2) is 16.5. The largest absolute Gasteiger partial charge is 0.369 e. The van der Waals surface area contributed by atoms with Crippen LogP contribution in [0.2, 0.25) is 0 Å². The Hall–Kier alpha value is -2.14. The molecule has 4 nitrogen and oxygen atoms in total. The van der Waals surface area contributed by atoms with Crippen LogP contribution in [0.25, 0.3) is 0 Å². The van der Waals surface area contributed by atoms with Gasteiger partial charge >= 0.3 is 0 Å². The lowest BCUT2D eigenvalue weighted by atomic mass is 9.49. The third kappa shape index (κ3) is 8.96. The zero-order chi connectivity index (χ0) is 24.6. The van der Waals surface area contributed by atoms with Crippen molar-refractivity contribution >= 4 is 39.8 Å². The fraction of sp³-hybridized carbons (Fsp3) is 0.500. The Morgan fingerprint density at radius 1 is 0.970 bits per heavy atom. The topological polar surface area (TPSA) is 35.6 Å². The molecule has 1 heterocycles. The van der Waals surface area contributed by atoms with Gasteiger partial charge in [0.2, 0.25) is 5.91 Å². The van der Waals surface area contributed by atoms with E-state index in [1.54, 1.807) is 7.17 Å². The van der Waals surface area contributed by atoms with Crippen LogP contribution in [0.15, 0.2) is 54.6 Å². The first-order valence-corrected chi connectivity index (χ1v) is 12.3. The summed E-state index contributed by atoms with van der Waals surface area (Å²) in [6, 6.07) is 18.3. The maximum Gasteiger partial charge on any atom is 0.233 e. The van der Waals surface area contributed by atoms with E-state index in [-0.39, 0.29) is 11.8 Å². The van der Waals surface area contributed by atoms with Crippen molar-refractivity contribution in [2.24, 2.45) is 0 Å². The van der Waals surface area contributed by atoms with E-state index >= 15 is 0 Å². The summed E-state index contributed by atoms with van der Waals surface area (Å²) >= 11 is 0. The van der Waals surface area contributed by atoms with E-state index in [9.17, 15) is 4.79 Å². The Balaban J connectivity index is 0.00000129. The van der Waals surface area contributed by atoms with E-state index in [0.717, 1.165) is 43.6 Å². The minimum atomic E-state index is -0.445. The highest BCUT2D eigenvalue weighted by molar-refractivity contribution is 6.97. The van der Waals surface area contributed by atoms with Crippen LogP contribution in [0.3, 0.4) is 0 Å². The van der Waals surface area contributed by atoms with Gasteiger partial charge in [-0.1, -0.05) is 88.1 Å². The van der Waals surface area contributed by atoms with Crippen LogP contribution in [0, 0.1) is 0 Å². The number of amides is 1. The van der Waals surface area contributed by atoms with Crippen molar-refractivity contribution < 1.29 is 4.79 Å². The molecule has 0 saturated carbocycles. The van der Waals surface area contributed by atoms with Crippen molar-refractivity contribution in [2.45, 2.75) is 52.9 Å². The first kappa shape index (κ1) is 28.9. The van der Waals surface area contributed by atoms with E-state index in [1.807, 2.05) is 58.0 Å². The molecule has 1 N–H and O–H groups in total. The van der Waals surface area contributed by atoms with Crippen LogP contribution >= 0.6 is 0 Å². The third-order valence-corrected chi connectivity index (χ3v) is 5.64. The average Bonchev–Trinajstić information content (AvgIpc) is 2.88. The van der Waals surface area contributed by atoms with Crippen molar-refractivity contribution in [1.82, 2.24) is 10.2 Å². The second-order valence-electron chi connectivity index (χ2n) is 7.50. The standard InChI is InChI=1S/C22H27B3N3O.2C2H6/c1-2-18(19-10-6-7-11-20(19)25-24)22(23)26-21(29)16-27-12-14-28(15-13-27)17-8-4-3-5-9-17;2*1-2/h3-11,18,22H,2,12-16H2,1H3,(H,26,29);2*1-2H3. The highest BCUT2D eigenvalue weighted by Gasteiger charge is 2.23. The highest BCUT2D eigenvalue weighted by atomic mass is 16.2. The molecule has 2 aromatic carbocycles. The second-order valence-corrected chi connectivity index (χ2v) is 7.50. The molecule has 2 unspecified atom stereocenters. The minimum Gasteiger partial charge on any atom is -0.369 e. The summed E-state index contributed by atoms with van der Waals surface area (Å²) in [7, 11) is 13.7. The molecule has 0 spiro atoms. The number of nitrogens with one attached hydrogen (secondary N) is 1. The highest BCUT2D eigenvalue weighted by Crippen LogP contribution is 2.21. The van der Waals surface area contributed by atoms with Crippen molar-refractivity contribution in [3.63, 3.8) is 0 Å². The molecule has 1 aliphatic rings. The molecule has 3 rings (SSSR count). The summed E-state index contributed by atoms with van der Waals surface area (Å²) in [6.07, 6.45) is 0.821. The van der Waals surface area contributed by atoms with Crippen LogP contribution in [0.1, 0.15) is 52.5 Å². The Labute approximate surface area is 205 Å². The fourth-order valence-corrected chi connectivity index (χ4v) is 4.01. The van der Waals surface area contributed by atoms with Crippen molar-refractivity contribution in [1.29, 1.82) is 0 Å². The number of hydrogen-bond donors (Lipinski definition) is 1. The van der Waals surface area contributed by atoms with Crippen molar-refractivity contribution in [3.05, 3.63) is 60.2 Å². The van der Waals surface area contributed by atoms with E-state index in [0.29, 0.717) is 6.54 Å². The van der Waals surface area contributed by atoms with Gasteiger partial charge in [-0.15, -0.1) is 0 Å². The SMILES string of the molecule is CC.CC.[B][B]c1ccccc1C(CC)C([B])NC(=O)CN1CCN(c2ccccc2)CC1. The third-order valence-electron chi connectivity index (χ3n) is 5.64. The zero-order valence-corrected chi connectivity index (χ0v) is 21.1. The predicted octanol–water partition coefficient (Wildman–Crippen LogP) is 3.08. The van der Waals surface area contributed by atoms with Crippen molar-refractivity contribution in [3.8, 4) is 0 Å². The molecule has 2 atom stereocenters. The lowest BCUT2D eigenvalue weighted by Gasteiger charge is -2.36.